The Morgan fingerprint density at radius 1 is 1.50 bits per heavy atom. The molecule has 1 aromatic heterocycles. The highest BCUT2D eigenvalue weighted by molar-refractivity contribution is 5.89. The largest absolute Gasteiger partial charge is 0.478 e. The van der Waals surface area contributed by atoms with E-state index in [9.17, 15) is 4.79 Å². The minimum atomic E-state index is -0.857. The van der Waals surface area contributed by atoms with Crippen molar-refractivity contribution in [3.8, 4) is 0 Å². The lowest BCUT2D eigenvalue weighted by Gasteiger charge is -2.20. The standard InChI is InChI=1S/C14H24N2O2/c1-6-9(2)10(3)15-8-12-7-13(14(17)18)11(4)16(12)5/h7,9-10,15H,6,8H2,1-5H3,(H,17,18). The predicted octanol–water partition coefficient (Wildman–Crippen LogP) is 2.56. The smallest absolute Gasteiger partial charge is 0.337 e. The second kappa shape index (κ2) is 6.05. The molecule has 2 atom stereocenters. The van der Waals surface area contributed by atoms with E-state index in [1.54, 1.807) is 6.07 Å². The minimum absolute atomic E-state index is 0.394. The monoisotopic (exact) mass is 252 g/mol. The number of nitrogens with one attached hydrogen (secondary N) is 1. The van der Waals surface area contributed by atoms with Gasteiger partial charge in [0, 0.05) is 31.0 Å². The van der Waals surface area contributed by atoms with Crippen molar-refractivity contribution >= 4 is 5.97 Å². The third kappa shape index (κ3) is 3.13. The molecular formula is C14H24N2O2. The SMILES string of the molecule is CCC(C)C(C)NCc1cc(C(=O)O)c(C)n1C. The number of aromatic nitrogens is 1. The van der Waals surface area contributed by atoms with E-state index in [-0.39, 0.29) is 0 Å². The van der Waals surface area contributed by atoms with Crippen LogP contribution in [-0.2, 0) is 13.6 Å². The molecule has 0 aliphatic heterocycles. The molecule has 0 radical (unpaired) electrons. The maximum atomic E-state index is 11.0. The molecule has 0 aliphatic rings. The number of nitrogens with zero attached hydrogens (tertiary/aromatic N) is 1. The van der Waals surface area contributed by atoms with E-state index in [2.05, 4.69) is 26.1 Å². The summed E-state index contributed by atoms with van der Waals surface area (Å²) in [5.74, 6) is -0.241. The maximum absolute atomic E-state index is 11.0. The van der Waals surface area contributed by atoms with Crippen molar-refractivity contribution in [1.82, 2.24) is 9.88 Å². The lowest BCUT2D eigenvalue weighted by Crippen LogP contribution is -2.31. The molecule has 4 heteroatoms. The Labute approximate surface area is 109 Å². The van der Waals surface area contributed by atoms with Crippen molar-refractivity contribution in [1.29, 1.82) is 0 Å². The second-order valence-electron chi connectivity index (χ2n) is 5.05. The Morgan fingerprint density at radius 2 is 2.11 bits per heavy atom. The highest BCUT2D eigenvalue weighted by Gasteiger charge is 2.15. The Kier molecular flexibility index (Phi) is 4.96. The van der Waals surface area contributed by atoms with Crippen molar-refractivity contribution in [3.63, 3.8) is 0 Å². The van der Waals surface area contributed by atoms with Crippen molar-refractivity contribution in [3.05, 3.63) is 23.0 Å². The van der Waals surface area contributed by atoms with E-state index in [4.69, 9.17) is 5.11 Å². The summed E-state index contributed by atoms with van der Waals surface area (Å²) in [5.41, 5.74) is 2.21. The lowest BCUT2D eigenvalue weighted by molar-refractivity contribution is 0.0696. The fourth-order valence-corrected chi connectivity index (χ4v) is 1.97. The molecule has 0 aromatic carbocycles. The fourth-order valence-electron chi connectivity index (χ4n) is 1.97. The summed E-state index contributed by atoms with van der Waals surface area (Å²) in [6.07, 6.45) is 1.14. The zero-order chi connectivity index (χ0) is 13.9. The topological polar surface area (TPSA) is 54.3 Å². The highest BCUT2D eigenvalue weighted by Crippen LogP contribution is 2.15. The summed E-state index contributed by atoms with van der Waals surface area (Å²) in [4.78, 5) is 11.0. The van der Waals surface area contributed by atoms with Gasteiger partial charge in [0.25, 0.3) is 0 Å². The first-order valence-electron chi connectivity index (χ1n) is 6.50. The molecule has 0 saturated carbocycles. The van der Waals surface area contributed by atoms with E-state index in [1.807, 2.05) is 18.5 Å². The number of hydrogen-bond donors (Lipinski definition) is 2. The minimum Gasteiger partial charge on any atom is -0.478 e. The van der Waals surface area contributed by atoms with Crippen LogP contribution in [0.15, 0.2) is 6.07 Å². The summed E-state index contributed by atoms with van der Waals surface area (Å²) < 4.78 is 1.94. The number of carboxylic acids is 1. The van der Waals surface area contributed by atoms with E-state index < -0.39 is 5.97 Å². The van der Waals surface area contributed by atoms with Crippen LogP contribution in [-0.4, -0.2) is 21.7 Å². The van der Waals surface area contributed by atoms with Gasteiger partial charge in [-0.2, -0.15) is 0 Å². The molecule has 0 aliphatic carbocycles. The molecule has 18 heavy (non-hydrogen) atoms. The van der Waals surface area contributed by atoms with Gasteiger partial charge < -0.3 is 15.0 Å². The molecule has 2 unspecified atom stereocenters. The van der Waals surface area contributed by atoms with Gasteiger partial charge in [0.2, 0.25) is 0 Å². The van der Waals surface area contributed by atoms with Gasteiger partial charge in [0.05, 0.1) is 5.56 Å². The number of carbonyl (C=O) groups is 1. The second-order valence-corrected chi connectivity index (χ2v) is 5.05. The highest BCUT2D eigenvalue weighted by atomic mass is 16.4. The Morgan fingerprint density at radius 3 is 2.56 bits per heavy atom. The van der Waals surface area contributed by atoms with Gasteiger partial charge in [-0.1, -0.05) is 20.3 Å². The molecule has 1 heterocycles. The van der Waals surface area contributed by atoms with Gasteiger partial charge in [-0.25, -0.2) is 4.79 Å². The molecule has 102 valence electrons. The van der Waals surface area contributed by atoms with Gasteiger partial charge in [0.15, 0.2) is 0 Å². The number of rotatable bonds is 6. The van der Waals surface area contributed by atoms with E-state index in [1.165, 1.54) is 0 Å². The molecular weight excluding hydrogens is 228 g/mol. The van der Waals surface area contributed by atoms with Gasteiger partial charge in [-0.3, -0.25) is 0 Å². The predicted molar refractivity (Wildman–Crippen MR) is 72.9 cm³/mol. The van der Waals surface area contributed by atoms with Crippen molar-refractivity contribution in [2.24, 2.45) is 13.0 Å². The summed E-state index contributed by atoms with van der Waals surface area (Å²) in [6.45, 7) is 9.11. The van der Waals surface area contributed by atoms with Gasteiger partial charge >= 0.3 is 5.97 Å². The number of aromatic carboxylic acids is 1. The van der Waals surface area contributed by atoms with Crippen LogP contribution in [0.5, 0.6) is 0 Å². The molecule has 1 rings (SSSR count). The number of carboxylic acid groups (broad SMARTS) is 1. The summed E-state index contributed by atoms with van der Waals surface area (Å²) in [5, 5.41) is 12.5. The van der Waals surface area contributed by atoms with E-state index >= 15 is 0 Å². The van der Waals surface area contributed by atoms with Crippen LogP contribution in [0.25, 0.3) is 0 Å². The Bertz CT molecular complexity index is 424. The van der Waals surface area contributed by atoms with Crippen LogP contribution >= 0.6 is 0 Å². The molecule has 0 amide bonds. The molecule has 2 N–H and O–H groups in total. The average Bonchev–Trinajstić information content (AvgIpc) is 2.62. The molecule has 0 bridgehead atoms. The Balaban J connectivity index is 2.74. The molecule has 0 saturated heterocycles. The summed E-state index contributed by atoms with van der Waals surface area (Å²) in [7, 11) is 1.91. The molecule has 4 nitrogen and oxygen atoms in total. The van der Waals surface area contributed by atoms with Crippen LogP contribution in [0.2, 0.25) is 0 Å². The number of hydrogen-bond acceptors (Lipinski definition) is 2. The maximum Gasteiger partial charge on any atom is 0.337 e. The first-order valence-corrected chi connectivity index (χ1v) is 6.50. The quantitative estimate of drug-likeness (QED) is 0.818. The van der Waals surface area contributed by atoms with Crippen LogP contribution in [0, 0.1) is 12.8 Å². The molecule has 0 fully saturated rings. The fraction of sp³-hybridized carbons (Fsp3) is 0.643. The zero-order valence-corrected chi connectivity index (χ0v) is 11.9. The van der Waals surface area contributed by atoms with E-state index in [0.717, 1.165) is 17.8 Å². The third-order valence-electron chi connectivity index (χ3n) is 3.97. The normalized spacial score (nSPS) is 14.5. The summed E-state index contributed by atoms with van der Waals surface area (Å²) in [6, 6.07) is 2.19. The van der Waals surface area contributed by atoms with Crippen molar-refractivity contribution < 1.29 is 9.90 Å². The average molecular weight is 252 g/mol. The Hall–Kier alpha value is -1.29. The van der Waals surface area contributed by atoms with Crippen LogP contribution < -0.4 is 5.32 Å². The van der Waals surface area contributed by atoms with Crippen molar-refractivity contribution in [2.45, 2.75) is 46.7 Å². The van der Waals surface area contributed by atoms with E-state index in [0.29, 0.717) is 24.1 Å². The van der Waals surface area contributed by atoms with Crippen LogP contribution in [0.3, 0.4) is 0 Å². The van der Waals surface area contributed by atoms with Gasteiger partial charge in [-0.05, 0) is 25.8 Å². The third-order valence-corrected chi connectivity index (χ3v) is 3.97. The zero-order valence-electron chi connectivity index (χ0n) is 11.9. The lowest BCUT2D eigenvalue weighted by atomic mass is 10.0. The van der Waals surface area contributed by atoms with Gasteiger partial charge in [-0.15, -0.1) is 0 Å². The first-order chi connectivity index (χ1) is 8.38. The summed E-state index contributed by atoms with van der Waals surface area (Å²) >= 11 is 0. The first kappa shape index (κ1) is 14.8. The van der Waals surface area contributed by atoms with Crippen LogP contribution in [0.4, 0.5) is 0 Å². The molecule has 0 spiro atoms. The van der Waals surface area contributed by atoms with Crippen molar-refractivity contribution in [2.75, 3.05) is 0 Å². The molecule has 1 aromatic rings. The van der Waals surface area contributed by atoms with Crippen LogP contribution in [0.1, 0.15) is 48.9 Å². The van der Waals surface area contributed by atoms with Gasteiger partial charge in [0.1, 0.15) is 0 Å².